The Kier molecular flexibility index (Phi) is 6.48. The maximum atomic E-state index is 13.4. The largest absolute Gasteiger partial charge is 0.294 e. The van der Waals surface area contributed by atoms with Crippen molar-refractivity contribution in [1.82, 2.24) is 0 Å². The monoisotopic (exact) mass is 487 g/mol. The highest BCUT2D eigenvalue weighted by Gasteiger charge is 2.32. The molecule has 3 aromatic rings. The highest BCUT2D eigenvalue weighted by atomic mass is 79.9. The SMILES string of the molecule is Cc1ccc(S(=O)(=O)[C@@H](CC(=O)c2cccc([N+](=O)[O-])c2)c2ccc(Br)cc2)cc1. The molecule has 0 spiro atoms. The fraction of sp³-hybridized carbons (Fsp3) is 0.136. The predicted molar refractivity (Wildman–Crippen MR) is 117 cm³/mol. The van der Waals surface area contributed by atoms with Crippen LogP contribution in [0.4, 0.5) is 5.69 Å². The Hall–Kier alpha value is -2.84. The molecule has 0 aliphatic carbocycles. The van der Waals surface area contributed by atoms with Crippen molar-refractivity contribution in [2.45, 2.75) is 23.5 Å². The Labute approximate surface area is 182 Å². The van der Waals surface area contributed by atoms with Gasteiger partial charge in [-0.25, -0.2) is 8.42 Å². The number of hydrogen-bond donors (Lipinski definition) is 0. The summed E-state index contributed by atoms with van der Waals surface area (Å²) in [7, 11) is -3.88. The fourth-order valence-corrected chi connectivity index (χ4v) is 5.05. The molecule has 3 aromatic carbocycles. The summed E-state index contributed by atoms with van der Waals surface area (Å²) in [6, 6.07) is 18.5. The minimum atomic E-state index is -3.88. The van der Waals surface area contributed by atoms with E-state index < -0.39 is 25.8 Å². The third-order valence-corrected chi connectivity index (χ3v) is 7.36. The summed E-state index contributed by atoms with van der Waals surface area (Å²) in [5, 5.41) is 9.89. The molecule has 0 heterocycles. The van der Waals surface area contributed by atoms with Crippen LogP contribution in [0.25, 0.3) is 0 Å². The van der Waals surface area contributed by atoms with Crippen molar-refractivity contribution in [3.05, 3.63) is 104 Å². The maximum Gasteiger partial charge on any atom is 0.270 e. The van der Waals surface area contributed by atoms with Gasteiger partial charge >= 0.3 is 0 Å². The van der Waals surface area contributed by atoms with E-state index in [9.17, 15) is 23.3 Å². The molecule has 0 bridgehead atoms. The predicted octanol–water partition coefficient (Wildman–Crippen LogP) is 5.45. The molecule has 154 valence electrons. The van der Waals surface area contributed by atoms with Crippen LogP contribution in [0.15, 0.2) is 82.2 Å². The zero-order chi connectivity index (χ0) is 21.9. The van der Waals surface area contributed by atoms with Gasteiger partial charge in [-0.05, 0) is 36.8 Å². The van der Waals surface area contributed by atoms with Crippen molar-refractivity contribution in [2.75, 3.05) is 0 Å². The van der Waals surface area contributed by atoms with Crippen molar-refractivity contribution in [3.63, 3.8) is 0 Å². The van der Waals surface area contributed by atoms with Crippen LogP contribution >= 0.6 is 15.9 Å². The summed E-state index contributed by atoms with van der Waals surface area (Å²) in [6.07, 6.45) is -0.334. The van der Waals surface area contributed by atoms with Gasteiger partial charge < -0.3 is 0 Å². The number of sulfone groups is 1. The Morgan fingerprint density at radius 1 is 1.03 bits per heavy atom. The Balaban J connectivity index is 2.03. The molecular formula is C22H18BrNO5S. The second kappa shape index (κ2) is 8.89. The fourth-order valence-electron chi connectivity index (χ4n) is 3.06. The average molecular weight is 488 g/mol. The molecule has 6 nitrogen and oxygen atoms in total. The van der Waals surface area contributed by atoms with Gasteiger partial charge in [-0.2, -0.15) is 0 Å². The first kappa shape index (κ1) is 21.9. The van der Waals surface area contributed by atoms with Crippen LogP contribution in [0.5, 0.6) is 0 Å². The van der Waals surface area contributed by atoms with Crippen molar-refractivity contribution < 1.29 is 18.1 Å². The standard InChI is InChI=1S/C22H18BrNO5S/c1-15-5-11-20(12-6-15)30(28,29)22(16-7-9-18(23)10-8-16)14-21(25)17-3-2-4-19(13-17)24(26)27/h2-13,22H,14H2,1H3/t22-/m0/s1. The molecule has 0 fully saturated rings. The van der Waals surface area contributed by atoms with Crippen LogP contribution in [0, 0.1) is 17.0 Å². The van der Waals surface area contributed by atoms with Crippen molar-refractivity contribution in [1.29, 1.82) is 0 Å². The summed E-state index contributed by atoms with van der Waals surface area (Å²) in [5.41, 5.74) is 1.27. The maximum absolute atomic E-state index is 13.4. The van der Waals surface area contributed by atoms with E-state index in [1.165, 1.54) is 36.4 Å². The minimum Gasteiger partial charge on any atom is -0.294 e. The molecule has 8 heteroatoms. The summed E-state index contributed by atoms with van der Waals surface area (Å²) >= 11 is 3.33. The number of nitro benzene ring substituents is 1. The van der Waals surface area contributed by atoms with Gasteiger partial charge in [0.05, 0.1) is 15.1 Å². The number of non-ortho nitro benzene ring substituents is 1. The normalized spacial score (nSPS) is 12.3. The van der Waals surface area contributed by atoms with E-state index >= 15 is 0 Å². The summed E-state index contributed by atoms with van der Waals surface area (Å²) < 4.78 is 27.6. The number of nitrogens with zero attached hydrogens (tertiary/aromatic N) is 1. The number of aryl methyl sites for hydroxylation is 1. The van der Waals surface area contributed by atoms with E-state index in [2.05, 4.69) is 15.9 Å². The van der Waals surface area contributed by atoms with Gasteiger partial charge in [-0.1, -0.05) is 57.9 Å². The van der Waals surface area contributed by atoms with Crippen LogP contribution in [-0.4, -0.2) is 19.1 Å². The second-order valence-corrected chi connectivity index (χ2v) is 9.88. The number of benzene rings is 3. The molecule has 30 heavy (non-hydrogen) atoms. The van der Waals surface area contributed by atoms with E-state index in [-0.39, 0.29) is 22.6 Å². The van der Waals surface area contributed by atoms with Gasteiger partial charge in [0.1, 0.15) is 0 Å². The van der Waals surface area contributed by atoms with Crippen LogP contribution in [0.1, 0.15) is 33.2 Å². The first-order valence-corrected chi connectivity index (χ1v) is 11.4. The third-order valence-electron chi connectivity index (χ3n) is 4.72. The molecule has 0 saturated heterocycles. The topological polar surface area (TPSA) is 94.3 Å². The van der Waals surface area contributed by atoms with E-state index in [0.717, 1.165) is 10.0 Å². The number of ketones is 1. The third kappa shape index (κ3) is 4.83. The number of carbonyl (C=O) groups is 1. The van der Waals surface area contributed by atoms with Gasteiger partial charge in [0, 0.05) is 28.6 Å². The second-order valence-electron chi connectivity index (χ2n) is 6.83. The molecule has 0 amide bonds. The lowest BCUT2D eigenvalue weighted by Gasteiger charge is -2.18. The van der Waals surface area contributed by atoms with Gasteiger partial charge in [-0.15, -0.1) is 0 Å². The van der Waals surface area contributed by atoms with Crippen LogP contribution in [0.2, 0.25) is 0 Å². The van der Waals surface area contributed by atoms with Crippen molar-refractivity contribution >= 4 is 37.2 Å². The number of rotatable bonds is 7. The zero-order valence-electron chi connectivity index (χ0n) is 16.0. The molecule has 3 rings (SSSR count). The first-order chi connectivity index (χ1) is 14.2. The lowest BCUT2D eigenvalue weighted by Crippen LogP contribution is -2.18. The Morgan fingerprint density at radius 3 is 2.27 bits per heavy atom. The van der Waals surface area contributed by atoms with Crippen LogP contribution in [0.3, 0.4) is 0 Å². The number of halogens is 1. The van der Waals surface area contributed by atoms with Crippen molar-refractivity contribution in [3.8, 4) is 0 Å². The number of carbonyl (C=O) groups excluding carboxylic acids is 1. The molecule has 0 saturated carbocycles. The number of hydrogen-bond acceptors (Lipinski definition) is 5. The smallest absolute Gasteiger partial charge is 0.270 e. The Morgan fingerprint density at radius 2 is 1.67 bits per heavy atom. The lowest BCUT2D eigenvalue weighted by molar-refractivity contribution is -0.384. The van der Waals surface area contributed by atoms with Gasteiger partial charge in [0.25, 0.3) is 5.69 Å². The van der Waals surface area contributed by atoms with Crippen molar-refractivity contribution in [2.24, 2.45) is 0 Å². The summed E-state index contributed by atoms with van der Waals surface area (Å²) in [6.45, 7) is 1.86. The molecular weight excluding hydrogens is 470 g/mol. The Bertz CT molecular complexity index is 1190. The molecule has 0 N–H and O–H groups in total. The average Bonchev–Trinajstić information content (AvgIpc) is 2.73. The molecule has 0 aliphatic rings. The van der Waals surface area contributed by atoms with E-state index in [1.54, 1.807) is 36.4 Å². The summed E-state index contributed by atoms with van der Waals surface area (Å²) in [5.74, 6) is -0.484. The zero-order valence-corrected chi connectivity index (χ0v) is 18.4. The number of nitro groups is 1. The van der Waals surface area contributed by atoms with Gasteiger partial charge in [0.2, 0.25) is 0 Å². The van der Waals surface area contributed by atoms with Gasteiger partial charge in [-0.3, -0.25) is 14.9 Å². The number of Topliss-reactive ketones (excluding diaryl/α,β-unsaturated/α-hetero) is 1. The lowest BCUT2D eigenvalue weighted by atomic mass is 10.0. The highest BCUT2D eigenvalue weighted by molar-refractivity contribution is 9.10. The summed E-state index contributed by atoms with van der Waals surface area (Å²) in [4.78, 5) is 23.5. The molecule has 0 aliphatic heterocycles. The highest BCUT2D eigenvalue weighted by Crippen LogP contribution is 2.34. The molecule has 0 aromatic heterocycles. The van der Waals surface area contributed by atoms with E-state index in [1.807, 2.05) is 6.92 Å². The molecule has 0 radical (unpaired) electrons. The first-order valence-electron chi connectivity index (χ1n) is 9.02. The van der Waals surface area contributed by atoms with E-state index in [4.69, 9.17) is 0 Å². The molecule has 0 unspecified atom stereocenters. The quantitative estimate of drug-likeness (QED) is 0.250. The van der Waals surface area contributed by atoms with Crippen LogP contribution < -0.4 is 0 Å². The van der Waals surface area contributed by atoms with Crippen LogP contribution in [-0.2, 0) is 9.84 Å². The van der Waals surface area contributed by atoms with Gasteiger partial charge in [0.15, 0.2) is 15.6 Å². The van der Waals surface area contributed by atoms with E-state index in [0.29, 0.717) is 5.56 Å². The molecule has 1 atom stereocenters. The minimum absolute atomic E-state index is 0.102.